The lowest BCUT2D eigenvalue weighted by atomic mass is 10.0. The zero-order valence-corrected chi connectivity index (χ0v) is 14.6. The van der Waals surface area contributed by atoms with Crippen LogP contribution >= 0.6 is 0 Å². The predicted octanol–water partition coefficient (Wildman–Crippen LogP) is 3.06. The minimum Gasteiger partial charge on any atom is -0.480 e. The van der Waals surface area contributed by atoms with Crippen molar-refractivity contribution in [2.75, 3.05) is 0 Å². The molecule has 0 bridgehead atoms. The molecule has 0 heterocycles. The highest BCUT2D eigenvalue weighted by atomic mass is 19.4. The fourth-order valence-electron chi connectivity index (χ4n) is 2.39. The molecular formula is C19H16F3NO5. The van der Waals surface area contributed by atoms with Crippen molar-refractivity contribution >= 4 is 17.8 Å². The first-order chi connectivity index (χ1) is 13.1. The van der Waals surface area contributed by atoms with Gasteiger partial charge in [-0.05, 0) is 35.9 Å². The van der Waals surface area contributed by atoms with Crippen LogP contribution in [-0.2, 0) is 22.2 Å². The van der Waals surface area contributed by atoms with Crippen LogP contribution in [0.25, 0.3) is 0 Å². The Morgan fingerprint density at radius 3 is 2.29 bits per heavy atom. The van der Waals surface area contributed by atoms with E-state index in [1.54, 1.807) is 0 Å². The molecule has 2 N–H and O–H groups in total. The van der Waals surface area contributed by atoms with E-state index in [2.05, 4.69) is 5.32 Å². The van der Waals surface area contributed by atoms with Crippen molar-refractivity contribution in [3.05, 3.63) is 65.2 Å². The first-order valence-corrected chi connectivity index (χ1v) is 8.04. The van der Waals surface area contributed by atoms with Crippen LogP contribution in [0, 0.1) is 0 Å². The lowest BCUT2D eigenvalue weighted by molar-refractivity contribution is -0.139. The number of carboxylic acid groups (broad SMARTS) is 1. The zero-order valence-electron chi connectivity index (χ0n) is 14.6. The largest absolute Gasteiger partial charge is 0.480 e. The van der Waals surface area contributed by atoms with Gasteiger partial charge in [0.2, 0.25) is 0 Å². The van der Waals surface area contributed by atoms with E-state index in [0.29, 0.717) is 0 Å². The van der Waals surface area contributed by atoms with Crippen LogP contribution in [0.4, 0.5) is 13.2 Å². The smallest absolute Gasteiger partial charge is 0.416 e. The maximum absolute atomic E-state index is 12.8. The number of carboxylic acids is 1. The molecular weight excluding hydrogens is 379 g/mol. The lowest BCUT2D eigenvalue weighted by Gasteiger charge is -2.16. The summed E-state index contributed by atoms with van der Waals surface area (Å²) in [5.41, 5.74) is -0.680. The van der Waals surface area contributed by atoms with E-state index in [-0.39, 0.29) is 23.3 Å². The molecule has 0 fully saturated rings. The quantitative estimate of drug-likeness (QED) is 0.579. The monoisotopic (exact) mass is 395 g/mol. The van der Waals surface area contributed by atoms with E-state index in [0.717, 1.165) is 12.1 Å². The van der Waals surface area contributed by atoms with Crippen molar-refractivity contribution < 1.29 is 37.4 Å². The number of rotatable bonds is 6. The second-order valence-electron chi connectivity index (χ2n) is 5.88. The first-order valence-electron chi connectivity index (χ1n) is 8.04. The molecule has 0 saturated carbocycles. The number of benzene rings is 2. The standard InChI is InChI=1S/C19H16F3NO5/c1-11(24)28-15-7-5-13(6-8-15)17(25)23-16(18(26)27)10-12-3-2-4-14(9-12)19(20,21)22/h2-9,16H,10H2,1H3,(H,23,25)(H,26,27)/t16-/m1/s1. The number of nitrogens with one attached hydrogen (secondary N) is 1. The van der Waals surface area contributed by atoms with Gasteiger partial charge in [0.15, 0.2) is 0 Å². The fraction of sp³-hybridized carbons (Fsp3) is 0.211. The molecule has 2 aromatic carbocycles. The first kappa shape index (κ1) is 20.9. The van der Waals surface area contributed by atoms with Crippen molar-refractivity contribution in [3.8, 4) is 5.75 Å². The van der Waals surface area contributed by atoms with Gasteiger partial charge < -0.3 is 15.2 Å². The van der Waals surface area contributed by atoms with Gasteiger partial charge >= 0.3 is 18.1 Å². The molecule has 6 nitrogen and oxygen atoms in total. The molecule has 2 rings (SSSR count). The highest BCUT2D eigenvalue weighted by molar-refractivity contribution is 5.96. The molecule has 0 saturated heterocycles. The van der Waals surface area contributed by atoms with Gasteiger partial charge in [-0.2, -0.15) is 13.2 Å². The molecule has 0 aromatic heterocycles. The summed E-state index contributed by atoms with van der Waals surface area (Å²) in [7, 11) is 0. The van der Waals surface area contributed by atoms with Gasteiger partial charge in [-0.1, -0.05) is 18.2 Å². The molecule has 1 atom stereocenters. The number of hydrogen-bond donors (Lipinski definition) is 2. The Hall–Kier alpha value is -3.36. The normalized spacial score (nSPS) is 12.1. The van der Waals surface area contributed by atoms with Crippen LogP contribution in [-0.4, -0.2) is 29.0 Å². The average Bonchev–Trinajstić information content (AvgIpc) is 2.60. The van der Waals surface area contributed by atoms with Crippen LogP contribution in [0.2, 0.25) is 0 Å². The third-order valence-corrected chi connectivity index (χ3v) is 3.68. The maximum Gasteiger partial charge on any atom is 0.416 e. The molecule has 2 aromatic rings. The maximum atomic E-state index is 12.8. The summed E-state index contributed by atoms with van der Waals surface area (Å²) in [6, 6.07) is 8.20. The lowest BCUT2D eigenvalue weighted by Crippen LogP contribution is -2.42. The number of amides is 1. The molecule has 0 aliphatic rings. The van der Waals surface area contributed by atoms with E-state index in [1.165, 1.54) is 43.3 Å². The van der Waals surface area contributed by atoms with Gasteiger partial charge in [-0.3, -0.25) is 9.59 Å². The molecule has 9 heteroatoms. The number of carbonyl (C=O) groups is 3. The van der Waals surface area contributed by atoms with Crippen molar-refractivity contribution in [3.63, 3.8) is 0 Å². The Balaban J connectivity index is 2.11. The van der Waals surface area contributed by atoms with Crippen LogP contribution < -0.4 is 10.1 Å². The molecule has 0 spiro atoms. The average molecular weight is 395 g/mol. The van der Waals surface area contributed by atoms with Crippen molar-refractivity contribution in [2.24, 2.45) is 0 Å². The van der Waals surface area contributed by atoms with Crippen LogP contribution in [0.1, 0.15) is 28.4 Å². The number of esters is 1. The highest BCUT2D eigenvalue weighted by Gasteiger charge is 2.31. The summed E-state index contributed by atoms with van der Waals surface area (Å²) in [5, 5.41) is 11.6. The van der Waals surface area contributed by atoms with Crippen molar-refractivity contribution in [1.29, 1.82) is 0 Å². The summed E-state index contributed by atoms with van der Waals surface area (Å²) in [4.78, 5) is 34.6. The second-order valence-corrected chi connectivity index (χ2v) is 5.88. The SMILES string of the molecule is CC(=O)Oc1ccc(C(=O)N[C@H](Cc2cccc(C(F)(F)F)c2)C(=O)O)cc1. The van der Waals surface area contributed by atoms with E-state index < -0.39 is 35.6 Å². The van der Waals surface area contributed by atoms with Crippen LogP contribution in [0.3, 0.4) is 0 Å². The Morgan fingerprint density at radius 1 is 1.11 bits per heavy atom. The second kappa shape index (κ2) is 8.55. The fourth-order valence-corrected chi connectivity index (χ4v) is 2.39. The van der Waals surface area contributed by atoms with Crippen molar-refractivity contribution in [2.45, 2.75) is 25.6 Å². The summed E-state index contributed by atoms with van der Waals surface area (Å²) in [5.74, 6) is -2.44. The molecule has 28 heavy (non-hydrogen) atoms. The summed E-state index contributed by atoms with van der Waals surface area (Å²) in [6.45, 7) is 1.21. The Labute approximate surface area is 157 Å². The summed E-state index contributed by atoms with van der Waals surface area (Å²) in [6.07, 6.45) is -4.88. The van der Waals surface area contributed by atoms with Crippen LogP contribution in [0.5, 0.6) is 5.75 Å². The Kier molecular flexibility index (Phi) is 6.40. The Bertz CT molecular complexity index is 878. The van der Waals surface area contributed by atoms with Gasteiger partial charge in [-0.25, -0.2) is 4.79 Å². The predicted molar refractivity (Wildman–Crippen MR) is 91.8 cm³/mol. The van der Waals surface area contributed by atoms with Gasteiger partial charge in [0, 0.05) is 18.9 Å². The number of carbonyl (C=O) groups excluding carboxylic acids is 2. The summed E-state index contributed by atoms with van der Waals surface area (Å²) < 4.78 is 43.2. The molecule has 0 aliphatic heterocycles. The number of alkyl halides is 3. The van der Waals surface area contributed by atoms with Gasteiger partial charge in [-0.15, -0.1) is 0 Å². The van der Waals surface area contributed by atoms with E-state index in [9.17, 15) is 32.7 Å². The molecule has 148 valence electrons. The number of halogens is 3. The molecule has 1 amide bonds. The van der Waals surface area contributed by atoms with E-state index in [1.807, 2.05) is 0 Å². The van der Waals surface area contributed by atoms with Gasteiger partial charge in [0.25, 0.3) is 5.91 Å². The summed E-state index contributed by atoms with van der Waals surface area (Å²) >= 11 is 0. The van der Waals surface area contributed by atoms with Crippen LogP contribution in [0.15, 0.2) is 48.5 Å². The Morgan fingerprint density at radius 2 is 1.75 bits per heavy atom. The topological polar surface area (TPSA) is 92.7 Å². The number of ether oxygens (including phenoxy) is 1. The molecule has 0 unspecified atom stereocenters. The van der Waals surface area contributed by atoms with Crippen molar-refractivity contribution in [1.82, 2.24) is 5.32 Å². The highest BCUT2D eigenvalue weighted by Crippen LogP contribution is 2.29. The van der Waals surface area contributed by atoms with Gasteiger partial charge in [0.1, 0.15) is 11.8 Å². The third-order valence-electron chi connectivity index (χ3n) is 3.68. The molecule has 0 aliphatic carbocycles. The number of aliphatic carboxylic acids is 1. The van der Waals surface area contributed by atoms with E-state index in [4.69, 9.17) is 4.74 Å². The zero-order chi connectivity index (χ0) is 20.9. The van der Waals surface area contributed by atoms with Gasteiger partial charge in [0.05, 0.1) is 5.56 Å². The molecule has 0 radical (unpaired) electrons. The minimum absolute atomic E-state index is 0.103. The van der Waals surface area contributed by atoms with E-state index >= 15 is 0 Å². The number of hydrogen-bond acceptors (Lipinski definition) is 4. The third kappa shape index (κ3) is 5.83. The minimum atomic E-state index is -4.55.